The largest absolute Gasteiger partial charge is 0.494 e. The Bertz CT molecular complexity index is 1170. The van der Waals surface area contributed by atoms with Gasteiger partial charge in [-0.1, -0.05) is 93.3 Å². The van der Waals surface area contributed by atoms with E-state index in [4.69, 9.17) is 14.7 Å². The highest BCUT2D eigenvalue weighted by Crippen LogP contribution is 2.26. The van der Waals surface area contributed by atoms with Gasteiger partial charge < -0.3 is 4.74 Å². The molecule has 0 aliphatic heterocycles. The maximum Gasteiger partial charge on any atom is 0.247 e. The lowest BCUT2D eigenvalue weighted by Crippen LogP contribution is -2.13. The number of aromatic nitrogens is 2. The van der Waals surface area contributed by atoms with E-state index in [1.807, 2.05) is 80.0 Å². The molecule has 1 heterocycles. The number of unbranched alkanes of at least 4 members (excludes halogenated alkanes) is 4. The fourth-order valence-corrected chi connectivity index (χ4v) is 3.84. The number of hydrazone groups is 1. The fraction of sp³-hybridized carbons (Fsp3) is 0.258. The summed E-state index contributed by atoms with van der Waals surface area (Å²) < 4.78 is 5.87. The first-order valence-corrected chi connectivity index (χ1v) is 12.7. The van der Waals surface area contributed by atoms with Crippen molar-refractivity contribution < 1.29 is 4.74 Å². The molecule has 0 bridgehead atoms. The molecule has 0 N–H and O–H groups in total. The minimum absolute atomic E-state index is 0.537. The van der Waals surface area contributed by atoms with Gasteiger partial charge in [-0.05, 0) is 42.3 Å². The van der Waals surface area contributed by atoms with Gasteiger partial charge >= 0.3 is 0 Å². The summed E-state index contributed by atoms with van der Waals surface area (Å²) in [4.78, 5) is 9.59. The van der Waals surface area contributed by atoms with Crippen LogP contribution in [0.1, 0.15) is 44.6 Å². The third-order valence-electron chi connectivity index (χ3n) is 5.92. The molecule has 0 saturated heterocycles. The van der Waals surface area contributed by atoms with Gasteiger partial charge in [0.15, 0.2) is 0 Å². The van der Waals surface area contributed by atoms with Crippen molar-refractivity contribution >= 4 is 12.2 Å². The number of rotatable bonds is 12. The Morgan fingerprint density at radius 1 is 0.750 bits per heavy atom. The van der Waals surface area contributed by atoms with Gasteiger partial charge in [-0.3, -0.25) is 0 Å². The number of nitrogens with zero attached hydrogens (tertiary/aromatic N) is 4. The van der Waals surface area contributed by atoms with Crippen LogP contribution in [0, 0.1) is 0 Å². The van der Waals surface area contributed by atoms with Crippen molar-refractivity contribution in [1.29, 1.82) is 0 Å². The predicted octanol–water partition coefficient (Wildman–Crippen LogP) is 7.63. The van der Waals surface area contributed by atoms with Gasteiger partial charge in [0.25, 0.3) is 0 Å². The smallest absolute Gasteiger partial charge is 0.247 e. The molecule has 3 aromatic carbocycles. The van der Waals surface area contributed by atoms with E-state index in [0.29, 0.717) is 5.95 Å². The van der Waals surface area contributed by atoms with Crippen molar-refractivity contribution in [2.75, 3.05) is 18.7 Å². The monoisotopic (exact) mass is 478 g/mol. The van der Waals surface area contributed by atoms with Crippen LogP contribution < -0.4 is 9.75 Å². The highest BCUT2D eigenvalue weighted by atomic mass is 16.5. The Labute approximate surface area is 214 Å². The Morgan fingerprint density at radius 3 is 1.92 bits per heavy atom. The van der Waals surface area contributed by atoms with E-state index in [1.54, 1.807) is 5.01 Å². The zero-order valence-corrected chi connectivity index (χ0v) is 21.2. The zero-order chi connectivity index (χ0) is 25.0. The van der Waals surface area contributed by atoms with Crippen LogP contribution in [0.2, 0.25) is 0 Å². The summed E-state index contributed by atoms with van der Waals surface area (Å²) in [7, 11) is 1.87. The van der Waals surface area contributed by atoms with Crippen molar-refractivity contribution in [3.63, 3.8) is 0 Å². The van der Waals surface area contributed by atoms with Crippen LogP contribution >= 0.6 is 0 Å². The highest BCUT2D eigenvalue weighted by molar-refractivity contribution is 5.80. The minimum atomic E-state index is 0.537. The molecular weight excluding hydrogens is 444 g/mol. The first kappa shape index (κ1) is 25.1. The van der Waals surface area contributed by atoms with Gasteiger partial charge in [0, 0.05) is 18.2 Å². The average molecular weight is 479 g/mol. The summed E-state index contributed by atoms with van der Waals surface area (Å²) in [5, 5.41) is 6.32. The standard InChI is InChI=1S/C31H34N4O/c1-3-4-5-6-13-22-36-28-20-18-25(19-21-28)24-32-35(2)31-33-29(26-14-9-7-10-15-26)23-30(34-31)27-16-11-8-12-17-27/h7-12,14-21,23-24H,3-6,13,22H2,1-2H3. The van der Waals surface area contributed by atoms with Crippen molar-refractivity contribution in [3.05, 3.63) is 96.6 Å². The summed E-state index contributed by atoms with van der Waals surface area (Å²) in [6.45, 7) is 2.99. The topological polar surface area (TPSA) is 50.6 Å². The number of ether oxygens (including phenoxy) is 1. The molecule has 0 fully saturated rings. The molecule has 1 aromatic heterocycles. The van der Waals surface area contributed by atoms with Crippen LogP contribution in [0.15, 0.2) is 96.1 Å². The number of anilines is 1. The van der Waals surface area contributed by atoms with E-state index in [-0.39, 0.29) is 0 Å². The van der Waals surface area contributed by atoms with Crippen LogP contribution in [0.5, 0.6) is 5.75 Å². The van der Waals surface area contributed by atoms with E-state index in [2.05, 4.69) is 36.3 Å². The molecule has 5 nitrogen and oxygen atoms in total. The second kappa shape index (κ2) is 13.2. The molecule has 4 rings (SSSR count). The Morgan fingerprint density at radius 2 is 1.33 bits per heavy atom. The molecule has 5 heteroatoms. The maximum absolute atomic E-state index is 5.87. The summed E-state index contributed by atoms with van der Waals surface area (Å²) in [5.74, 6) is 1.43. The zero-order valence-electron chi connectivity index (χ0n) is 21.2. The van der Waals surface area contributed by atoms with E-state index in [1.165, 1.54) is 25.7 Å². The number of hydrogen-bond donors (Lipinski definition) is 0. The quantitative estimate of drug-likeness (QED) is 0.119. The lowest BCUT2D eigenvalue weighted by molar-refractivity contribution is 0.304. The van der Waals surface area contributed by atoms with Crippen LogP contribution in [-0.2, 0) is 0 Å². The van der Waals surface area contributed by atoms with Gasteiger partial charge in [-0.25, -0.2) is 15.0 Å². The summed E-state index contributed by atoms with van der Waals surface area (Å²) >= 11 is 0. The summed E-state index contributed by atoms with van der Waals surface area (Å²) in [6.07, 6.45) is 7.99. The lowest BCUT2D eigenvalue weighted by atomic mass is 10.1. The summed E-state index contributed by atoms with van der Waals surface area (Å²) in [5.41, 5.74) is 4.78. The predicted molar refractivity (Wildman–Crippen MR) is 150 cm³/mol. The second-order valence-corrected chi connectivity index (χ2v) is 8.77. The normalized spacial score (nSPS) is 11.1. The first-order valence-electron chi connectivity index (χ1n) is 12.7. The summed E-state index contributed by atoms with van der Waals surface area (Å²) in [6, 6.07) is 30.3. The van der Waals surface area contributed by atoms with Crippen LogP contribution in [0.3, 0.4) is 0 Å². The van der Waals surface area contributed by atoms with Crippen molar-refractivity contribution in [2.45, 2.75) is 39.0 Å². The van der Waals surface area contributed by atoms with E-state index in [0.717, 1.165) is 46.9 Å². The van der Waals surface area contributed by atoms with E-state index in [9.17, 15) is 0 Å². The maximum atomic E-state index is 5.87. The molecule has 4 aromatic rings. The van der Waals surface area contributed by atoms with Crippen LogP contribution in [-0.4, -0.2) is 29.8 Å². The number of benzene rings is 3. The average Bonchev–Trinajstić information content (AvgIpc) is 2.95. The molecule has 184 valence electrons. The molecule has 0 saturated carbocycles. The lowest BCUT2D eigenvalue weighted by Gasteiger charge is -2.14. The van der Waals surface area contributed by atoms with Crippen molar-refractivity contribution in [3.8, 4) is 28.3 Å². The van der Waals surface area contributed by atoms with Gasteiger partial charge in [-0.15, -0.1) is 0 Å². The van der Waals surface area contributed by atoms with Gasteiger partial charge in [-0.2, -0.15) is 5.10 Å². The Kier molecular flexibility index (Phi) is 9.20. The Hall–Kier alpha value is -3.99. The fourth-order valence-electron chi connectivity index (χ4n) is 3.84. The third kappa shape index (κ3) is 7.25. The number of hydrogen-bond acceptors (Lipinski definition) is 5. The molecule has 0 radical (unpaired) electrons. The molecule has 0 spiro atoms. The molecule has 0 aliphatic carbocycles. The Balaban J connectivity index is 1.46. The highest BCUT2D eigenvalue weighted by Gasteiger charge is 2.11. The van der Waals surface area contributed by atoms with Crippen molar-refractivity contribution in [2.24, 2.45) is 5.10 Å². The van der Waals surface area contributed by atoms with Gasteiger partial charge in [0.05, 0.1) is 24.2 Å². The molecule has 0 aliphatic rings. The van der Waals surface area contributed by atoms with Crippen molar-refractivity contribution in [1.82, 2.24) is 9.97 Å². The third-order valence-corrected chi connectivity index (χ3v) is 5.92. The molecular formula is C31H34N4O. The van der Waals surface area contributed by atoms with Gasteiger partial charge in [0.2, 0.25) is 5.95 Å². The van der Waals surface area contributed by atoms with Crippen LogP contribution in [0.4, 0.5) is 5.95 Å². The van der Waals surface area contributed by atoms with E-state index < -0.39 is 0 Å². The second-order valence-electron chi connectivity index (χ2n) is 8.77. The first-order chi connectivity index (χ1) is 17.7. The van der Waals surface area contributed by atoms with Crippen LogP contribution in [0.25, 0.3) is 22.5 Å². The SMILES string of the molecule is CCCCCCCOc1ccc(C=NN(C)c2nc(-c3ccccc3)cc(-c3ccccc3)n2)cc1. The molecule has 0 atom stereocenters. The van der Waals surface area contributed by atoms with E-state index >= 15 is 0 Å². The molecule has 0 amide bonds. The van der Waals surface area contributed by atoms with Gasteiger partial charge in [0.1, 0.15) is 5.75 Å². The molecule has 36 heavy (non-hydrogen) atoms. The minimum Gasteiger partial charge on any atom is -0.494 e. The molecule has 0 unspecified atom stereocenters.